The Balaban J connectivity index is 1.93. The molecule has 5 heteroatoms. The number of hydrogen-bond acceptors (Lipinski definition) is 3. The average molecular weight is 318 g/mol. The van der Waals surface area contributed by atoms with Gasteiger partial charge in [0.15, 0.2) is 0 Å². The summed E-state index contributed by atoms with van der Waals surface area (Å²) in [6, 6.07) is 7.69. The van der Waals surface area contributed by atoms with Crippen LogP contribution in [0.1, 0.15) is 31.2 Å². The second-order valence-corrected chi connectivity index (χ2v) is 6.13. The topological polar surface area (TPSA) is 58.6 Å². The number of benzene rings is 1. The second kappa shape index (κ2) is 8.67. The van der Waals surface area contributed by atoms with E-state index >= 15 is 0 Å². The predicted molar refractivity (Wildman–Crippen MR) is 90.2 cm³/mol. The third-order valence-electron chi connectivity index (χ3n) is 4.19. The fourth-order valence-electron chi connectivity index (χ4n) is 2.96. The lowest BCUT2D eigenvalue weighted by molar-refractivity contribution is -0.137. The monoisotopic (exact) mass is 318 g/mol. The van der Waals surface area contributed by atoms with Gasteiger partial charge in [0.05, 0.1) is 6.61 Å². The zero-order valence-corrected chi connectivity index (χ0v) is 14.0. The lowest BCUT2D eigenvalue weighted by Gasteiger charge is -2.23. The highest BCUT2D eigenvalue weighted by Gasteiger charge is 2.28. The van der Waals surface area contributed by atoms with Crippen molar-refractivity contribution in [1.29, 1.82) is 0 Å². The molecule has 1 fully saturated rings. The molecule has 1 saturated heterocycles. The number of methoxy groups -OCH3 is 1. The normalized spacial score (nSPS) is 18.6. The molecule has 0 saturated carbocycles. The molecule has 1 aliphatic heterocycles. The molecule has 0 spiro atoms. The summed E-state index contributed by atoms with van der Waals surface area (Å²) in [5, 5.41) is 2.89. The maximum Gasteiger partial charge on any atom is 0.226 e. The Labute approximate surface area is 138 Å². The number of carbonyl (C=O) groups excluding carboxylic acids is 2. The van der Waals surface area contributed by atoms with Crippen molar-refractivity contribution in [2.45, 2.75) is 32.6 Å². The van der Waals surface area contributed by atoms with Gasteiger partial charge in [0, 0.05) is 38.2 Å². The second-order valence-electron chi connectivity index (χ2n) is 6.13. The standard InChI is InChI=1S/C18H26N2O3/c1-14-6-5-8-16(12-14)19-17(21)13-15-7-3-4-9-20(18(15)22)10-11-23-2/h5-6,8,12,15H,3-4,7,9-11,13H2,1-2H3,(H,19,21). The maximum atomic E-state index is 12.6. The first-order valence-corrected chi connectivity index (χ1v) is 8.24. The first-order chi connectivity index (χ1) is 11.1. The minimum atomic E-state index is -0.223. The van der Waals surface area contributed by atoms with E-state index < -0.39 is 0 Å². The van der Waals surface area contributed by atoms with Crippen molar-refractivity contribution in [1.82, 2.24) is 4.90 Å². The van der Waals surface area contributed by atoms with Crippen molar-refractivity contribution in [2.24, 2.45) is 5.92 Å². The van der Waals surface area contributed by atoms with Gasteiger partial charge in [0.1, 0.15) is 0 Å². The Morgan fingerprint density at radius 3 is 2.96 bits per heavy atom. The highest BCUT2D eigenvalue weighted by atomic mass is 16.5. The number of amides is 2. The lowest BCUT2D eigenvalue weighted by Crippen LogP contribution is -2.38. The molecule has 2 amide bonds. The van der Waals surface area contributed by atoms with Crippen molar-refractivity contribution in [3.63, 3.8) is 0 Å². The summed E-state index contributed by atoms with van der Waals surface area (Å²) in [4.78, 5) is 26.7. The SMILES string of the molecule is COCCN1CCCCC(CC(=O)Nc2cccc(C)c2)C1=O. The smallest absolute Gasteiger partial charge is 0.226 e. The van der Waals surface area contributed by atoms with Crippen LogP contribution in [0.2, 0.25) is 0 Å². The van der Waals surface area contributed by atoms with E-state index in [0.29, 0.717) is 13.2 Å². The van der Waals surface area contributed by atoms with Crippen LogP contribution in [0.25, 0.3) is 0 Å². The Kier molecular flexibility index (Phi) is 6.59. The molecule has 0 bridgehead atoms. The molecule has 126 valence electrons. The molecule has 5 nitrogen and oxygen atoms in total. The number of likely N-dealkylation sites (tertiary alicyclic amines) is 1. The summed E-state index contributed by atoms with van der Waals surface area (Å²) in [5.74, 6) is -0.236. The fraction of sp³-hybridized carbons (Fsp3) is 0.556. The van der Waals surface area contributed by atoms with E-state index in [9.17, 15) is 9.59 Å². The highest BCUT2D eigenvalue weighted by Crippen LogP contribution is 2.22. The molecule has 1 heterocycles. The first-order valence-electron chi connectivity index (χ1n) is 8.24. The molecule has 1 N–H and O–H groups in total. The number of ether oxygens (including phenoxy) is 1. The molecule has 1 aliphatic rings. The van der Waals surface area contributed by atoms with E-state index in [1.54, 1.807) is 7.11 Å². The van der Waals surface area contributed by atoms with E-state index in [0.717, 1.165) is 37.1 Å². The van der Waals surface area contributed by atoms with Crippen LogP contribution in [0, 0.1) is 12.8 Å². The van der Waals surface area contributed by atoms with Crippen molar-refractivity contribution < 1.29 is 14.3 Å². The van der Waals surface area contributed by atoms with Gasteiger partial charge in [-0.25, -0.2) is 0 Å². The van der Waals surface area contributed by atoms with Crippen molar-refractivity contribution in [3.05, 3.63) is 29.8 Å². The number of rotatable bonds is 6. The lowest BCUT2D eigenvalue weighted by atomic mass is 9.98. The van der Waals surface area contributed by atoms with Crippen LogP contribution in [-0.2, 0) is 14.3 Å². The summed E-state index contributed by atoms with van der Waals surface area (Å²) in [6.07, 6.45) is 3.00. The molecule has 23 heavy (non-hydrogen) atoms. The summed E-state index contributed by atoms with van der Waals surface area (Å²) >= 11 is 0. The number of nitrogens with zero attached hydrogens (tertiary/aromatic N) is 1. The highest BCUT2D eigenvalue weighted by molar-refractivity contribution is 5.94. The van der Waals surface area contributed by atoms with E-state index in [-0.39, 0.29) is 24.2 Å². The molecule has 0 aromatic heterocycles. The third kappa shape index (κ3) is 5.36. The molecule has 0 aliphatic carbocycles. The molecule has 0 radical (unpaired) electrons. The molecule has 1 aromatic rings. The van der Waals surface area contributed by atoms with Gasteiger partial charge in [-0.1, -0.05) is 18.6 Å². The quantitative estimate of drug-likeness (QED) is 0.877. The van der Waals surface area contributed by atoms with Gasteiger partial charge in [-0.2, -0.15) is 0 Å². The number of anilines is 1. The van der Waals surface area contributed by atoms with Crippen LogP contribution in [0.3, 0.4) is 0 Å². The van der Waals surface area contributed by atoms with Crippen LogP contribution in [-0.4, -0.2) is 43.5 Å². The molecular weight excluding hydrogens is 292 g/mol. The number of nitrogens with one attached hydrogen (secondary N) is 1. The van der Waals surface area contributed by atoms with Crippen molar-refractivity contribution in [3.8, 4) is 0 Å². The van der Waals surface area contributed by atoms with Gasteiger partial charge in [0.25, 0.3) is 0 Å². The average Bonchev–Trinajstić information content (AvgIpc) is 2.68. The Bertz CT molecular complexity index is 545. The van der Waals surface area contributed by atoms with Gasteiger partial charge in [-0.3, -0.25) is 9.59 Å². The van der Waals surface area contributed by atoms with E-state index in [1.807, 2.05) is 36.1 Å². The Morgan fingerprint density at radius 1 is 1.39 bits per heavy atom. The molecule has 2 rings (SSSR count). The van der Waals surface area contributed by atoms with E-state index in [1.165, 1.54) is 0 Å². The Morgan fingerprint density at radius 2 is 2.22 bits per heavy atom. The summed E-state index contributed by atoms with van der Waals surface area (Å²) in [7, 11) is 1.63. The van der Waals surface area contributed by atoms with Crippen LogP contribution in [0.4, 0.5) is 5.69 Å². The molecule has 1 atom stereocenters. The van der Waals surface area contributed by atoms with Crippen molar-refractivity contribution in [2.75, 3.05) is 32.1 Å². The minimum Gasteiger partial charge on any atom is -0.383 e. The summed E-state index contributed by atoms with van der Waals surface area (Å²) in [5.41, 5.74) is 1.88. The van der Waals surface area contributed by atoms with Gasteiger partial charge >= 0.3 is 0 Å². The van der Waals surface area contributed by atoms with Crippen LogP contribution >= 0.6 is 0 Å². The number of carbonyl (C=O) groups is 2. The predicted octanol–water partition coefficient (Wildman–Crippen LogP) is 2.60. The summed E-state index contributed by atoms with van der Waals surface area (Å²) in [6.45, 7) is 3.88. The molecular formula is C18H26N2O3. The Hall–Kier alpha value is -1.88. The van der Waals surface area contributed by atoms with Crippen molar-refractivity contribution >= 4 is 17.5 Å². The summed E-state index contributed by atoms with van der Waals surface area (Å²) < 4.78 is 5.07. The first kappa shape index (κ1) is 17.5. The van der Waals surface area contributed by atoms with Crippen LogP contribution in [0.15, 0.2) is 24.3 Å². The van der Waals surface area contributed by atoms with E-state index in [4.69, 9.17) is 4.74 Å². The largest absolute Gasteiger partial charge is 0.383 e. The fourth-order valence-corrected chi connectivity index (χ4v) is 2.96. The van der Waals surface area contributed by atoms with E-state index in [2.05, 4.69) is 5.32 Å². The van der Waals surface area contributed by atoms with Gasteiger partial charge in [-0.15, -0.1) is 0 Å². The van der Waals surface area contributed by atoms with Gasteiger partial charge in [0.2, 0.25) is 11.8 Å². The molecule has 1 unspecified atom stereocenters. The minimum absolute atomic E-state index is 0.0824. The maximum absolute atomic E-state index is 12.6. The van der Waals surface area contributed by atoms with Gasteiger partial charge < -0.3 is 15.0 Å². The molecule has 1 aromatic carbocycles. The van der Waals surface area contributed by atoms with Crippen LogP contribution in [0.5, 0.6) is 0 Å². The van der Waals surface area contributed by atoms with Crippen LogP contribution < -0.4 is 5.32 Å². The number of aryl methyl sites for hydroxylation is 1. The number of hydrogen-bond donors (Lipinski definition) is 1. The zero-order chi connectivity index (χ0) is 16.7. The third-order valence-corrected chi connectivity index (χ3v) is 4.19. The van der Waals surface area contributed by atoms with Gasteiger partial charge in [-0.05, 0) is 37.5 Å². The zero-order valence-electron chi connectivity index (χ0n) is 14.0.